The maximum absolute atomic E-state index is 12.4. The van der Waals surface area contributed by atoms with Crippen LogP contribution >= 0.6 is 0 Å². The Labute approximate surface area is 98.0 Å². The predicted octanol–water partition coefficient (Wildman–Crippen LogP) is 1.70. The monoisotopic (exact) mass is 222 g/mol. The van der Waals surface area contributed by atoms with Gasteiger partial charge in [-0.1, -0.05) is 18.6 Å². The molecule has 90 valence electrons. The highest BCUT2D eigenvalue weighted by molar-refractivity contribution is 5.83. The standard InChI is InChI=1S/C13H22N2O/c1-4-9-15(10-5-2)12(16)13(3)8-6-7-11(13)14/h4-5,11H,1-2,6-10,14H2,3H3. The molecule has 0 aromatic carbocycles. The summed E-state index contributed by atoms with van der Waals surface area (Å²) in [7, 11) is 0. The summed E-state index contributed by atoms with van der Waals surface area (Å²) in [5, 5.41) is 0. The predicted molar refractivity (Wildman–Crippen MR) is 66.9 cm³/mol. The highest BCUT2D eigenvalue weighted by Gasteiger charge is 2.44. The highest BCUT2D eigenvalue weighted by atomic mass is 16.2. The summed E-state index contributed by atoms with van der Waals surface area (Å²) in [6.45, 7) is 10.5. The SMILES string of the molecule is C=CCN(CC=C)C(=O)C1(C)CCCC1N. The Morgan fingerprint density at radius 2 is 2.06 bits per heavy atom. The number of carbonyl (C=O) groups excluding carboxylic acids is 1. The van der Waals surface area contributed by atoms with Crippen LogP contribution in [0.15, 0.2) is 25.3 Å². The molecule has 0 heterocycles. The van der Waals surface area contributed by atoms with E-state index in [9.17, 15) is 4.79 Å². The summed E-state index contributed by atoms with van der Waals surface area (Å²) in [6.07, 6.45) is 6.35. The Morgan fingerprint density at radius 3 is 2.44 bits per heavy atom. The highest BCUT2D eigenvalue weighted by Crippen LogP contribution is 2.38. The van der Waals surface area contributed by atoms with Crippen LogP contribution in [0.5, 0.6) is 0 Å². The van der Waals surface area contributed by atoms with Crippen molar-refractivity contribution in [2.45, 2.75) is 32.2 Å². The smallest absolute Gasteiger partial charge is 0.230 e. The molecule has 0 radical (unpaired) electrons. The number of amides is 1. The largest absolute Gasteiger partial charge is 0.335 e. The van der Waals surface area contributed by atoms with E-state index in [2.05, 4.69) is 13.2 Å². The molecule has 0 aromatic rings. The molecule has 3 nitrogen and oxygen atoms in total. The molecule has 0 aromatic heterocycles. The van der Waals surface area contributed by atoms with Crippen molar-refractivity contribution in [3.63, 3.8) is 0 Å². The van der Waals surface area contributed by atoms with E-state index >= 15 is 0 Å². The van der Waals surface area contributed by atoms with Gasteiger partial charge in [0.15, 0.2) is 0 Å². The Balaban J connectivity index is 2.80. The van der Waals surface area contributed by atoms with Crippen LogP contribution in [0.2, 0.25) is 0 Å². The van der Waals surface area contributed by atoms with Crippen molar-refractivity contribution < 1.29 is 4.79 Å². The van der Waals surface area contributed by atoms with Gasteiger partial charge in [-0.05, 0) is 19.8 Å². The van der Waals surface area contributed by atoms with Crippen LogP contribution in [-0.4, -0.2) is 29.9 Å². The fraction of sp³-hybridized carbons (Fsp3) is 0.615. The molecule has 2 atom stereocenters. The Kier molecular flexibility index (Phi) is 4.30. The number of hydrogen-bond acceptors (Lipinski definition) is 2. The molecule has 16 heavy (non-hydrogen) atoms. The van der Waals surface area contributed by atoms with E-state index in [-0.39, 0.29) is 11.9 Å². The molecule has 1 aliphatic rings. The minimum Gasteiger partial charge on any atom is -0.335 e. The van der Waals surface area contributed by atoms with Crippen molar-refractivity contribution in [1.82, 2.24) is 4.90 Å². The molecule has 1 aliphatic carbocycles. The zero-order valence-corrected chi connectivity index (χ0v) is 10.1. The Bertz CT molecular complexity index is 278. The quantitative estimate of drug-likeness (QED) is 0.720. The first kappa shape index (κ1) is 13.0. The molecule has 2 unspecified atom stereocenters. The minimum absolute atomic E-state index is 0.0165. The summed E-state index contributed by atoms with van der Waals surface area (Å²) in [4.78, 5) is 14.2. The number of rotatable bonds is 5. The summed E-state index contributed by atoms with van der Waals surface area (Å²) >= 11 is 0. The van der Waals surface area contributed by atoms with Crippen LogP contribution in [-0.2, 0) is 4.79 Å². The average molecular weight is 222 g/mol. The number of hydrogen-bond donors (Lipinski definition) is 1. The number of carbonyl (C=O) groups is 1. The second-order valence-corrected chi connectivity index (χ2v) is 4.70. The van der Waals surface area contributed by atoms with Gasteiger partial charge < -0.3 is 10.6 Å². The third-order valence-electron chi connectivity index (χ3n) is 3.50. The molecule has 3 heteroatoms. The van der Waals surface area contributed by atoms with Crippen LogP contribution in [0.4, 0.5) is 0 Å². The normalized spacial score (nSPS) is 28.8. The topological polar surface area (TPSA) is 46.3 Å². The zero-order valence-electron chi connectivity index (χ0n) is 10.1. The summed E-state index contributed by atoms with van der Waals surface area (Å²) in [5.41, 5.74) is 5.65. The van der Waals surface area contributed by atoms with Crippen molar-refractivity contribution in [2.75, 3.05) is 13.1 Å². The molecule has 1 fully saturated rings. The molecule has 0 spiro atoms. The fourth-order valence-corrected chi connectivity index (χ4v) is 2.37. The van der Waals surface area contributed by atoms with Crippen molar-refractivity contribution in [3.05, 3.63) is 25.3 Å². The number of nitrogens with zero attached hydrogens (tertiary/aromatic N) is 1. The van der Waals surface area contributed by atoms with Crippen LogP contribution in [0.1, 0.15) is 26.2 Å². The molecular formula is C13H22N2O. The van der Waals surface area contributed by atoms with Crippen molar-refractivity contribution in [3.8, 4) is 0 Å². The van der Waals surface area contributed by atoms with E-state index in [0.29, 0.717) is 13.1 Å². The first-order chi connectivity index (χ1) is 7.56. The maximum Gasteiger partial charge on any atom is 0.230 e. The molecule has 0 aliphatic heterocycles. The molecule has 2 N–H and O–H groups in total. The fourth-order valence-electron chi connectivity index (χ4n) is 2.37. The van der Waals surface area contributed by atoms with Gasteiger partial charge in [0.1, 0.15) is 0 Å². The van der Waals surface area contributed by atoms with E-state index in [1.165, 1.54) is 0 Å². The van der Waals surface area contributed by atoms with E-state index < -0.39 is 5.41 Å². The zero-order chi connectivity index (χ0) is 12.2. The number of nitrogens with two attached hydrogens (primary N) is 1. The van der Waals surface area contributed by atoms with E-state index in [4.69, 9.17) is 5.73 Å². The maximum atomic E-state index is 12.4. The third kappa shape index (κ3) is 2.35. The van der Waals surface area contributed by atoms with Gasteiger partial charge in [-0.25, -0.2) is 0 Å². The first-order valence-corrected chi connectivity index (χ1v) is 5.83. The lowest BCUT2D eigenvalue weighted by Gasteiger charge is -2.33. The third-order valence-corrected chi connectivity index (χ3v) is 3.50. The lowest BCUT2D eigenvalue weighted by Crippen LogP contribution is -2.49. The summed E-state index contributed by atoms with van der Waals surface area (Å²) in [5.74, 6) is 0.136. The van der Waals surface area contributed by atoms with Crippen LogP contribution in [0, 0.1) is 5.41 Å². The molecule has 1 saturated carbocycles. The lowest BCUT2D eigenvalue weighted by molar-refractivity contribution is -0.140. The second-order valence-electron chi connectivity index (χ2n) is 4.70. The van der Waals surface area contributed by atoms with Crippen molar-refractivity contribution >= 4 is 5.91 Å². The lowest BCUT2D eigenvalue weighted by atomic mass is 9.83. The van der Waals surface area contributed by atoms with Gasteiger partial charge in [0.25, 0.3) is 0 Å². The van der Waals surface area contributed by atoms with Gasteiger partial charge in [0, 0.05) is 19.1 Å². The van der Waals surface area contributed by atoms with Crippen molar-refractivity contribution in [1.29, 1.82) is 0 Å². The summed E-state index contributed by atoms with van der Waals surface area (Å²) in [6, 6.07) is -0.0165. The molecule has 0 bridgehead atoms. The van der Waals surface area contributed by atoms with Gasteiger partial charge in [0.2, 0.25) is 5.91 Å². The van der Waals surface area contributed by atoms with Gasteiger partial charge in [-0.3, -0.25) is 4.79 Å². The van der Waals surface area contributed by atoms with E-state index in [0.717, 1.165) is 19.3 Å². The minimum atomic E-state index is -0.397. The molecule has 0 saturated heterocycles. The van der Waals surface area contributed by atoms with Crippen LogP contribution < -0.4 is 5.73 Å². The first-order valence-electron chi connectivity index (χ1n) is 5.83. The van der Waals surface area contributed by atoms with E-state index in [1.807, 2.05) is 6.92 Å². The van der Waals surface area contributed by atoms with Gasteiger partial charge in [0.05, 0.1) is 5.41 Å². The summed E-state index contributed by atoms with van der Waals surface area (Å²) < 4.78 is 0. The van der Waals surface area contributed by atoms with Gasteiger partial charge in [-0.2, -0.15) is 0 Å². The van der Waals surface area contributed by atoms with Gasteiger partial charge >= 0.3 is 0 Å². The van der Waals surface area contributed by atoms with Gasteiger partial charge in [-0.15, -0.1) is 13.2 Å². The molecule has 1 amide bonds. The van der Waals surface area contributed by atoms with Crippen LogP contribution in [0.3, 0.4) is 0 Å². The van der Waals surface area contributed by atoms with E-state index in [1.54, 1.807) is 17.1 Å². The Hall–Kier alpha value is -1.09. The molecular weight excluding hydrogens is 200 g/mol. The average Bonchev–Trinajstić information content (AvgIpc) is 2.59. The van der Waals surface area contributed by atoms with Crippen LogP contribution in [0.25, 0.3) is 0 Å². The van der Waals surface area contributed by atoms with Crippen molar-refractivity contribution in [2.24, 2.45) is 11.1 Å². The Morgan fingerprint density at radius 1 is 1.50 bits per heavy atom. The second kappa shape index (κ2) is 5.30. The molecule has 1 rings (SSSR count).